The number of nitrogens with one attached hydrogen (secondary N) is 1. The minimum absolute atomic E-state index is 0.146. The molecule has 0 radical (unpaired) electrons. The first-order valence-electron chi connectivity index (χ1n) is 4.14. The van der Waals surface area contributed by atoms with E-state index in [0.717, 1.165) is 6.07 Å². The summed E-state index contributed by atoms with van der Waals surface area (Å²) >= 11 is 0. The quantitative estimate of drug-likeness (QED) is 0.699. The summed E-state index contributed by atoms with van der Waals surface area (Å²) in [5.74, 6) is -1.72. The largest absolute Gasteiger partial charge is 0.396 e. The van der Waals surface area contributed by atoms with Gasteiger partial charge in [-0.2, -0.15) is 0 Å². The van der Waals surface area contributed by atoms with Gasteiger partial charge in [0.15, 0.2) is 0 Å². The van der Waals surface area contributed by atoms with Gasteiger partial charge in [0.2, 0.25) is 0 Å². The van der Waals surface area contributed by atoms with Gasteiger partial charge >= 0.3 is 6.03 Å². The van der Waals surface area contributed by atoms with Gasteiger partial charge in [-0.15, -0.1) is 0 Å². The van der Waals surface area contributed by atoms with E-state index in [9.17, 15) is 13.6 Å². The van der Waals surface area contributed by atoms with Crippen LogP contribution in [0.5, 0.6) is 0 Å². The maximum atomic E-state index is 13.1. The highest BCUT2D eigenvalue weighted by molar-refractivity contribution is 5.89. The van der Waals surface area contributed by atoms with Crippen molar-refractivity contribution in [3.05, 3.63) is 23.8 Å². The molecule has 0 aliphatic heterocycles. The Morgan fingerprint density at radius 2 is 1.93 bits per heavy atom. The van der Waals surface area contributed by atoms with Crippen LogP contribution < -0.4 is 11.1 Å². The standard InChI is InChI=1S/C9H11F2N3O/c1-14(2)9(15)13-8-4-7(12)5(10)3-6(8)11/h3-4H,12H2,1-2H3,(H,13,15). The van der Waals surface area contributed by atoms with Crippen LogP contribution in [-0.4, -0.2) is 25.0 Å². The molecule has 0 saturated carbocycles. The third-order valence-electron chi connectivity index (χ3n) is 1.73. The number of amides is 2. The summed E-state index contributed by atoms with van der Waals surface area (Å²) in [7, 11) is 3.00. The molecule has 0 aromatic heterocycles. The lowest BCUT2D eigenvalue weighted by molar-refractivity contribution is 0.230. The smallest absolute Gasteiger partial charge is 0.321 e. The molecular weight excluding hydrogens is 204 g/mol. The summed E-state index contributed by atoms with van der Waals surface area (Å²) in [6.07, 6.45) is 0. The number of hydrogen-bond acceptors (Lipinski definition) is 2. The third-order valence-corrected chi connectivity index (χ3v) is 1.73. The van der Waals surface area contributed by atoms with Crippen molar-refractivity contribution in [1.82, 2.24) is 4.90 Å². The van der Waals surface area contributed by atoms with Gasteiger partial charge in [-0.25, -0.2) is 13.6 Å². The van der Waals surface area contributed by atoms with Crippen LogP contribution in [0.4, 0.5) is 25.0 Å². The molecule has 0 saturated heterocycles. The maximum Gasteiger partial charge on any atom is 0.321 e. The normalized spacial score (nSPS) is 9.87. The molecule has 1 rings (SSSR count). The van der Waals surface area contributed by atoms with Crippen molar-refractivity contribution in [2.75, 3.05) is 25.1 Å². The SMILES string of the molecule is CN(C)C(=O)Nc1cc(N)c(F)cc1F. The van der Waals surface area contributed by atoms with Crippen molar-refractivity contribution in [2.45, 2.75) is 0 Å². The molecular formula is C9H11F2N3O. The van der Waals surface area contributed by atoms with Crippen LogP contribution in [0, 0.1) is 11.6 Å². The van der Waals surface area contributed by atoms with E-state index in [2.05, 4.69) is 5.32 Å². The predicted molar refractivity (Wildman–Crippen MR) is 53.5 cm³/mol. The van der Waals surface area contributed by atoms with E-state index >= 15 is 0 Å². The van der Waals surface area contributed by atoms with Crippen LogP contribution in [0.3, 0.4) is 0 Å². The second kappa shape index (κ2) is 4.12. The zero-order valence-corrected chi connectivity index (χ0v) is 8.34. The van der Waals surface area contributed by atoms with Crippen LogP contribution in [0.15, 0.2) is 12.1 Å². The Labute approximate surface area is 85.7 Å². The summed E-state index contributed by atoms with van der Waals surface area (Å²) in [5.41, 5.74) is 4.87. The van der Waals surface area contributed by atoms with Gasteiger partial charge in [0.25, 0.3) is 0 Å². The molecule has 2 amide bonds. The lowest BCUT2D eigenvalue weighted by Crippen LogP contribution is -2.27. The number of urea groups is 1. The Morgan fingerprint density at radius 3 is 2.47 bits per heavy atom. The van der Waals surface area contributed by atoms with E-state index in [1.807, 2.05) is 0 Å². The first-order chi connectivity index (χ1) is 6.91. The number of rotatable bonds is 1. The van der Waals surface area contributed by atoms with Crippen molar-refractivity contribution in [3.63, 3.8) is 0 Å². The van der Waals surface area contributed by atoms with Crippen LogP contribution in [-0.2, 0) is 0 Å². The highest BCUT2D eigenvalue weighted by Crippen LogP contribution is 2.21. The number of hydrogen-bond donors (Lipinski definition) is 2. The lowest BCUT2D eigenvalue weighted by Gasteiger charge is -2.13. The number of halogens is 2. The molecule has 3 N–H and O–H groups in total. The van der Waals surface area contributed by atoms with Gasteiger partial charge in [0.1, 0.15) is 11.6 Å². The molecule has 82 valence electrons. The van der Waals surface area contributed by atoms with E-state index in [0.29, 0.717) is 6.07 Å². The molecule has 1 aromatic carbocycles. The van der Waals surface area contributed by atoms with Gasteiger partial charge in [0.05, 0.1) is 11.4 Å². The summed E-state index contributed by atoms with van der Waals surface area (Å²) in [4.78, 5) is 12.4. The predicted octanol–water partition coefficient (Wildman–Crippen LogP) is 1.64. The number of nitrogen functional groups attached to an aromatic ring is 1. The third kappa shape index (κ3) is 2.55. The minimum atomic E-state index is -0.864. The average molecular weight is 215 g/mol. The Bertz CT molecular complexity index is 393. The van der Waals surface area contributed by atoms with Crippen LogP contribution in [0.2, 0.25) is 0 Å². The van der Waals surface area contributed by atoms with Crippen molar-refractivity contribution < 1.29 is 13.6 Å². The van der Waals surface area contributed by atoms with Gasteiger partial charge in [-0.05, 0) is 6.07 Å². The van der Waals surface area contributed by atoms with Crippen LogP contribution in [0.1, 0.15) is 0 Å². The van der Waals surface area contributed by atoms with E-state index in [1.54, 1.807) is 0 Å². The van der Waals surface area contributed by atoms with Gasteiger partial charge < -0.3 is 16.0 Å². The Balaban J connectivity index is 2.96. The highest BCUT2D eigenvalue weighted by Gasteiger charge is 2.11. The Kier molecular flexibility index (Phi) is 3.08. The second-order valence-electron chi connectivity index (χ2n) is 3.18. The summed E-state index contributed by atoms with van der Waals surface area (Å²) in [6, 6.07) is 1.15. The van der Waals surface area contributed by atoms with Crippen LogP contribution in [0.25, 0.3) is 0 Å². The van der Waals surface area contributed by atoms with Gasteiger partial charge in [0, 0.05) is 20.2 Å². The maximum absolute atomic E-state index is 13.1. The molecule has 0 fully saturated rings. The van der Waals surface area contributed by atoms with Crippen molar-refractivity contribution in [3.8, 4) is 0 Å². The molecule has 1 aromatic rings. The molecule has 6 heteroatoms. The number of carbonyl (C=O) groups is 1. The molecule has 0 atom stereocenters. The zero-order valence-electron chi connectivity index (χ0n) is 8.34. The summed E-state index contributed by atoms with van der Waals surface area (Å²) < 4.78 is 25.9. The van der Waals surface area contributed by atoms with Gasteiger partial charge in [-0.1, -0.05) is 0 Å². The zero-order chi connectivity index (χ0) is 11.6. The topological polar surface area (TPSA) is 58.4 Å². The van der Waals surface area contributed by atoms with Crippen LogP contribution >= 0.6 is 0 Å². The van der Waals surface area contributed by atoms with Crippen molar-refractivity contribution in [1.29, 1.82) is 0 Å². The van der Waals surface area contributed by atoms with Gasteiger partial charge in [-0.3, -0.25) is 0 Å². The van der Waals surface area contributed by atoms with Crippen molar-refractivity contribution in [2.24, 2.45) is 0 Å². The molecule has 0 unspecified atom stereocenters. The first kappa shape index (κ1) is 11.2. The highest BCUT2D eigenvalue weighted by atomic mass is 19.1. The van der Waals surface area contributed by atoms with E-state index in [4.69, 9.17) is 5.73 Å². The van der Waals surface area contributed by atoms with E-state index in [-0.39, 0.29) is 11.4 Å². The molecule has 0 spiro atoms. The summed E-state index contributed by atoms with van der Waals surface area (Å²) in [5, 5.41) is 2.24. The Morgan fingerprint density at radius 1 is 1.33 bits per heavy atom. The fraction of sp³-hybridized carbons (Fsp3) is 0.222. The summed E-state index contributed by atoms with van der Waals surface area (Å²) in [6.45, 7) is 0. The fourth-order valence-electron chi connectivity index (χ4n) is 0.889. The van der Waals surface area contributed by atoms with E-state index in [1.165, 1.54) is 19.0 Å². The first-order valence-corrected chi connectivity index (χ1v) is 4.14. The molecule has 0 heterocycles. The number of carbonyl (C=O) groups excluding carboxylic acids is 1. The average Bonchev–Trinajstić information content (AvgIpc) is 2.13. The molecule has 0 aliphatic carbocycles. The monoisotopic (exact) mass is 215 g/mol. The Hall–Kier alpha value is -1.85. The molecule has 15 heavy (non-hydrogen) atoms. The van der Waals surface area contributed by atoms with Crippen molar-refractivity contribution >= 4 is 17.4 Å². The molecule has 0 aliphatic rings. The number of nitrogens with two attached hydrogens (primary N) is 1. The number of benzene rings is 1. The number of anilines is 2. The second-order valence-corrected chi connectivity index (χ2v) is 3.18. The lowest BCUT2D eigenvalue weighted by atomic mass is 10.2. The number of nitrogens with zero attached hydrogens (tertiary/aromatic N) is 1. The molecule has 0 bridgehead atoms. The minimum Gasteiger partial charge on any atom is -0.396 e. The van der Waals surface area contributed by atoms with E-state index < -0.39 is 17.7 Å². The fourth-order valence-corrected chi connectivity index (χ4v) is 0.889. The molecule has 4 nitrogen and oxygen atoms in total.